The maximum atomic E-state index is 6.30. The van der Waals surface area contributed by atoms with E-state index in [4.69, 9.17) is 10.5 Å². The first-order chi connectivity index (χ1) is 9.10. The molecule has 0 spiro atoms. The fourth-order valence-corrected chi connectivity index (χ4v) is 3.88. The van der Waals surface area contributed by atoms with E-state index in [1.54, 1.807) is 30.2 Å². The fourth-order valence-electron chi connectivity index (χ4n) is 1.72. The van der Waals surface area contributed by atoms with Crippen LogP contribution in [0.25, 0.3) is 0 Å². The Labute approximate surface area is 122 Å². The zero-order valence-corrected chi connectivity index (χ0v) is 12.9. The monoisotopic (exact) mass is 294 g/mol. The van der Waals surface area contributed by atoms with E-state index in [0.29, 0.717) is 0 Å². The molecule has 0 radical (unpaired) electrons. The average molecular weight is 294 g/mol. The summed E-state index contributed by atoms with van der Waals surface area (Å²) in [6.07, 6.45) is 0. The summed E-state index contributed by atoms with van der Waals surface area (Å²) >= 11 is 3.40. The molecule has 2 aromatic rings. The molecule has 5 heteroatoms. The second-order valence-corrected chi connectivity index (χ2v) is 6.86. The van der Waals surface area contributed by atoms with Crippen LogP contribution in [0.5, 0.6) is 5.75 Å². The summed E-state index contributed by atoms with van der Waals surface area (Å²) in [6, 6.07) is 7.92. The van der Waals surface area contributed by atoms with E-state index in [9.17, 15) is 0 Å². The van der Waals surface area contributed by atoms with Gasteiger partial charge in [-0.2, -0.15) is 0 Å². The molecule has 2 N–H and O–H groups in total. The van der Waals surface area contributed by atoms with Crippen LogP contribution in [-0.4, -0.2) is 17.3 Å². The van der Waals surface area contributed by atoms with Crippen LogP contribution in [0, 0.1) is 6.92 Å². The van der Waals surface area contributed by atoms with E-state index in [1.165, 1.54) is 0 Å². The summed E-state index contributed by atoms with van der Waals surface area (Å²) in [5.74, 6) is 0.854. The van der Waals surface area contributed by atoms with Crippen molar-refractivity contribution in [2.24, 2.45) is 5.73 Å². The predicted molar refractivity (Wildman–Crippen MR) is 82.1 cm³/mol. The topological polar surface area (TPSA) is 48.1 Å². The third-order valence-corrected chi connectivity index (χ3v) is 5.18. The van der Waals surface area contributed by atoms with Crippen molar-refractivity contribution in [1.29, 1.82) is 0 Å². The zero-order chi connectivity index (χ0) is 13.8. The number of ether oxygens (including phenoxy) is 1. The second kappa shape index (κ2) is 6.41. The molecule has 0 aliphatic rings. The summed E-state index contributed by atoms with van der Waals surface area (Å²) in [5, 5.41) is 2.34. The minimum Gasteiger partial charge on any atom is -0.497 e. The lowest BCUT2D eigenvalue weighted by Gasteiger charge is -2.19. The van der Waals surface area contributed by atoms with Gasteiger partial charge in [0.15, 0.2) is 0 Å². The summed E-state index contributed by atoms with van der Waals surface area (Å²) in [4.78, 5) is 4.46. The molecule has 2 atom stereocenters. The Bertz CT molecular complexity index is 524. The molecule has 102 valence electrons. The van der Waals surface area contributed by atoms with Gasteiger partial charge in [0.05, 0.1) is 7.11 Å². The van der Waals surface area contributed by atoms with Crippen molar-refractivity contribution in [1.82, 2.24) is 4.98 Å². The Morgan fingerprint density at radius 1 is 1.32 bits per heavy atom. The fraction of sp³-hybridized carbons (Fsp3) is 0.357. The van der Waals surface area contributed by atoms with Crippen molar-refractivity contribution in [3.05, 3.63) is 40.9 Å². The minimum absolute atomic E-state index is 0.0138. The molecule has 3 nitrogen and oxygen atoms in total. The van der Waals surface area contributed by atoms with E-state index in [2.05, 4.69) is 17.3 Å². The van der Waals surface area contributed by atoms with Crippen molar-refractivity contribution in [3.63, 3.8) is 0 Å². The Balaban J connectivity index is 2.03. The highest BCUT2D eigenvalue weighted by Gasteiger charge is 2.17. The smallest absolute Gasteiger partial charge is 0.150 e. The lowest BCUT2D eigenvalue weighted by atomic mass is 10.1. The number of thioether (sulfide) groups is 1. The molecular weight excluding hydrogens is 276 g/mol. The highest BCUT2D eigenvalue weighted by Crippen LogP contribution is 2.32. The molecule has 2 unspecified atom stereocenters. The van der Waals surface area contributed by atoms with Crippen LogP contribution in [0.15, 0.2) is 34.0 Å². The Morgan fingerprint density at radius 3 is 2.53 bits per heavy atom. The van der Waals surface area contributed by atoms with Crippen molar-refractivity contribution in [2.75, 3.05) is 7.11 Å². The molecule has 1 heterocycles. The lowest BCUT2D eigenvalue weighted by Crippen LogP contribution is -2.20. The number of rotatable bonds is 5. The van der Waals surface area contributed by atoms with Crippen LogP contribution in [-0.2, 0) is 0 Å². The molecule has 0 bridgehead atoms. The van der Waals surface area contributed by atoms with Crippen LogP contribution in [0.3, 0.4) is 0 Å². The summed E-state index contributed by atoms with van der Waals surface area (Å²) in [6.45, 7) is 4.14. The van der Waals surface area contributed by atoms with Gasteiger partial charge in [0, 0.05) is 22.4 Å². The first kappa shape index (κ1) is 14.4. The van der Waals surface area contributed by atoms with Gasteiger partial charge >= 0.3 is 0 Å². The Kier molecular flexibility index (Phi) is 4.85. The van der Waals surface area contributed by atoms with Crippen LogP contribution in [0.1, 0.15) is 24.2 Å². The highest BCUT2D eigenvalue weighted by atomic mass is 32.2. The van der Waals surface area contributed by atoms with Crippen molar-refractivity contribution in [2.45, 2.75) is 29.5 Å². The number of nitrogens with zero attached hydrogens (tertiary/aromatic N) is 1. The van der Waals surface area contributed by atoms with Crippen LogP contribution >= 0.6 is 23.1 Å². The molecule has 0 saturated carbocycles. The first-order valence-electron chi connectivity index (χ1n) is 6.08. The number of hydrogen-bond acceptors (Lipinski definition) is 5. The quantitative estimate of drug-likeness (QED) is 0.855. The molecule has 0 amide bonds. The normalized spacial score (nSPS) is 14.1. The van der Waals surface area contributed by atoms with E-state index in [-0.39, 0.29) is 11.3 Å². The SMILES string of the molecule is COc1ccc(C(N)C(C)Sc2nc(C)cs2)cc1. The minimum atomic E-state index is -0.0138. The first-order valence-corrected chi connectivity index (χ1v) is 7.84. The zero-order valence-electron chi connectivity index (χ0n) is 11.3. The highest BCUT2D eigenvalue weighted by molar-refractivity contribution is 8.01. The summed E-state index contributed by atoms with van der Waals surface area (Å²) in [5.41, 5.74) is 8.49. The second-order valence-electron chi connectivity index (χ2n) is 4.38. The molecule has 1 aromatic carbocycles. The van der Waals surface area contributed by atoms with Gasteiger partial charge in [-0.1, -0.05) is 30.8 Å². The number of benzene rings is 1. The van der Waals surface area contributed by atoms with Gasteiger partial charge in [-0.25, -0.2) is 4.98 Å². The lowest BCUT2D eigenvalue weighted by molar-refractivity contribution is 0.414. The van der Waals surface area contributed by atoms with Crippen LogP contribution in [0.4, 0.5) is 0 Å². The summed E-state index contributed by atoms with van der Waals surface area (Å²) in [7, 11) is 1.66. The van der Waals surface area contributed by atoms with Gasteiger partial charge in [0.25, 0.3) is 0 Å². The molecule has 0 saturated heterocycles. The van der Waals surface area contributed by atoms with Crippen LogP contribution in [0.2, 0.25) is 0 Å². The molecule has 0 aliphatic heterocycles. The number of hydrogen-bond donors (Lipinski definition) is 1. The standard InChI is InChI=1S/C14H18N2OS2/c1-9-8-18-14(16-9)19-10(2)13(15)11-4-6-12(17-3)7-5-11/h4-8,10,13H,15H2,1-3H3. The average Bonchev–Trinajstić information content (AvgIpc) is 2.83. The van der Waals surface area contributed by atoms with Crippen molar-refractivity contribution < 1.29 is 4.74 Å². The molecule has 19 heavy (non-hydrogen) atoms. The maximum Gasteiger partial charge on any atom is 0.150 e. The Morgan fingerprint density at radius 2 is 2.00 bits per heavy atom. The van der Waals surface area contributed by atoms with E-state index in [0.717, 1.165) is 21.3 Å². The van der Waals surface area contributed by atoms with Gasteiger partial charge in [-0.3, -0.25) is 0 Å². The molecule has 0 fully saturated rings. The summed E-state index contributed by atoms with van der Waals surface area (Å²) < 4.78 is 6.23. The molecule has 1 aromatic heterocycles. The number of thiazole rings is 1. The number of methoxy groups -OCH3 is 1. The van der Waals surface area contributed by atoms with E-state index in [1.807, 2.05) is 31.2 Å². The molecule has 2 rings (SSSR count). The van der Waals surface area contributed by atoms with E-state index >= 15 is 0 Å². The Hall–Kier alpha value is -1.04. The number of aryl methyl sites for hydroxylation is 1. The number of aromatic nitrogens is 1. The van der Waals surface area contributed by atoms with Gasteiger partial charge in [-0.15, -0.1) is 11.3 Å². The largest absolute Gasteiger partial charge is 0.497 e. The van der Waals surface area contributed by atoms with Gasteiger partial charge in [0.2, 0.25) is 0 Å². The third kappa shape index (κ3) is 3.72. The van der Waals surface area contributed by atoms with E-state index < -0.39 is 0 Å². The third-order valence-electron chi connectivity index (χ3n) is 2.89. The number of nitrogens with two attached hydrogens (primary N) is 1. The van der Waals surface area contributed by atoms with Crippen molar-refractivity contribution in [3.8, 4) is 5.75 Å². The predicted octanol–water partition coefficient (Wildman–Crippen LogP) is 3.64. The van der Waals surface area contributed by atoms with Gasteiger partial charge in [-0.05, 0) is 24.6 Å². The molecular formula is C14H18N2OS2. The maximum absolute atomic E-state index is 6.30. The molecule has 0 aliphatic carbocycles. The van der Waals surface area contributed by atoms with Crippen molar-refractivity contribution >= 4 is 23.1 Å². The van der Waals surface area contributed by atoms with Crippen LogP contribution < -0.4 is 10.5 Å². The van der Waals surface area contributed by atoms with Gasteiger partial charge in [0.1, 0.15) is 10.1 Å². The van der Waals surface area contributed by atoms with Gasteiger partial charge < -0.3 is 10.5 Å².